The third-order valence-electron chi connectivity index (χ3n) is 4.21. The first-order valence-corrected chi connectivity index (χ1v) is 9.51. The lowest BCUT2D eigenvalue weighted by atomic mass is 10.0. The average molecular weight is 344 g/mol. The van der Waals surface area contributed by atoms with Crippen LogP contribution in [0.15, 0.2) is 24.3 Å². The van der Waals surface area contributed by atoms with Crippen LogP contribution in [0.25, 0.3) is 0 Å². The van der Waals surface area contributed by atoms with Crippen LogP contribution < -0.4 is 0 Å². The highest BCUT2D eigenvalue weighted by atomic mass is 35.5. The number of benzene rings is 1. The van der Waals surface area contributed by atoms with Gasteiger partial charge < -0.3 is 9.64 Å². The van der Waals surface area contributed by atoms with Crippen LogP contribution in [-0.4, -0.2) is 50.4 Å². The van der Waals surface area contributed by atoms with E-state index in [2.05, 4.69) is 0 Å². The quantitative estimate of drug-likeness (QED) is 0.819. The lowest BCUT2D eigenvalue weighted by molar-refractivity contribution is -0.142. The molecular weight excluding hydrogens is 326 g/mol. The number of sulfone groups is 1. The van der Waals surface area contributed by atoms with Crippen LogP contribution in [0, 0.1) is 5.92 Å². The van der Waals surface area contributed by atoms with Crippen molar-refractivity contribution in [3.63, 3.8) is 0 Å². The molecule has 2 heterocycles. The molecule has 3 rings (SSSR count). The van der Waals surface area contributed by atoms with Crippen molar-refractivity contribution in [2.24, 2.45) is 5.92 Å². The Labute approximate surface area is 135 Å². The lowest BCUT2D eigenvalue weighted by Crippen LogP contribution is -2.45. The van der Waals surface area contributed by atoms with E-state index in [0.29, 0.717) is 31.1 Å². The fourth-order valence-electron chi connectivity index (χ4n) is 3.02. The smallest absolute Gasteiger partial charge is 0.226 e. The van der Waals surface area contributed by atoms with E-state index in [1.807, 2.05) is 18.2 Å². The molecule has 1 amide bonds. The number of carbonyl (C=O) groups excluding carboxylic acids is 1. The predicted octanol–water partition coefficient (Wildman–Crippen LogP) is 1.67. The molecule has 2 atom stereocenters. The summed E-state index contributed by atoms with van der Waals surface area (Å²) in [4.78, 5) is 14.2. The summed E-state index contributed by atoms with van der Waals surface area (Å²) in [5.41, 5.74) is 0.862. The van der Waals surface area contributed by atoms with E-state index in [4.69, 9.17) is 16.3 Å². The van der Waals surface area contributed by atoms with Gasteiger partial charge in [-0.15, -0.1) is 0 Å². The number of morpholine rings is 1. The minimum absolute atomic E-state index is 0.0278. The summed E-state index contributed by atoms with van der Waals surface area (Å²) in [6, 6.07) is 7.42. The molecule has 1 aromatic rings. The monoisotopic (exact) mass is 343 g/mol. The molecule has 5 nitrogen and oxygen atoms in total. The second-order valence-electron chi connectivity index (χ2n) is 5.77. The molecular formula is C15H18ClNO4S. The number of rotatable bonds is 2. The topological polar surface area (TPSA) is 63.7 Å². The molecule has 0 radical (unpaired) electrons. The largest absolute Gasteiger partial charge is 0.370 e. The van der Waals surface area contributed by atoms with Gasteiger partial charge in [0.2, 0.25) is 5.91 Å². The molecule has 1 aromatic carbocycles. The van der Waals surface area contributed by atoms with Crippen LogP contribution in [0.3, 0.4) is 0 Å². The van der Waals surface area contributed by atoms with Gasteiger partial charge in [-0.05, 0) is 12.5 Å². The Morgan fingerprint density at radius 1 is 1.32 bits per heavy atom. The lowest BCUT2D eigenvalue weighted by Gasteiger charge is -2.34. The van der Waals surface area contributed by atoms with Crippen molar-refractivity contribution in [3.05, 3.63) is 34.9 Å². The second kappa shape index (κ2) is 6.18. The van der Waals surface area contributed by atoms with E-state index in [0.717, 1.165) is 5.56 Å². The van der Waals surface area contributed by atoms with Gasteiger partial charge in [-0.2, -0.15) is 0 Å². The molecule has 0 aliphatic carbocycles. The van der Waals surface area contributed by atoms with Gasteiger partial charge in [0.15, 0.2) is 9.84 Å². The van der Waals surface area contributed by atoms with Crippen LogP contribution in [-0.2, 0) is 19.4 Å². The molecule has 2 fully saturated rings. The Morgan fingerprint density at radius 2 is 2.09 bits per heavy atom. The molecule has 0 unspecified atom stereocenters. The van der Waals surface area contributed by atoms with Crippen molar-refractivity contribution in [2.75, 3.05) is 31.2 Å². The van der Waals surface area contributed by atoms with E-state index in [-0.39, 0.29) is 23.5 Å². The zero-order valence-corrected chi connectivity index (χ0v) is 13.6. The van der Waals surface area contributed by atoms with E-state index in [1.54, 1.807) is 11.0 Å². The van der Waals surface area contributed by atoms with E-state index in [1.165, 1.54) is 0 Å². The molecule has 2 aliphatic rings. The molecule has 0 spiro atoms. The minimum atomic E-state index is -3.05. The molecule has 120 valence electrons. The second-order valence-corrected chi connectivity index (χ2v) is 8.40. The summed E-state index contributed by atoms with van der Waals surface area (Å²) in [6.07, 6.45) is 0.166. The number of nitrogens with zero attached hydrogens (tertiary/aromatic N) is 1. The van der Waals surface area contributed by atoms with Gasteiger partial charge in [0, 0.05) is 17.1 Å². The van der Waals surface area contributed by atoms with Crippen LogP contribution >= 0.6 is 11.6 Å². The van der Waals surface area contributed by atoms with Crippen molar-refractivity contribution in [1.29, 1.82) is 0 Å². The van der Waals surface area contributed by atoms with Crippen molar-refractivity contribution in [3.8, 4) is 0 Å². The first kappa shape index (κ1) is 15.8. The maximum atomic E-state index is 12.5. The van der Waals surface area contributed by atoms with Gasteiger partial charge in [0.05, 0.1) is 30.6 Å². The molecule has 0 saturated carbocycles. The van der Waals surface area contributed by atoms with Gasteiger partial charge in [0.1, 0.15) is 6.10 Å². The highest BCUT2D eigenvalue weighted by Crippen LogP contribution is 2.30. The number of hydrogen-bond acceptors (Lipinski definition) is 4. The van der Waals surface area contributed by atoms with Crippen LogP contribution in [0.4, 0.5) is 0 Å². The normalized spacial score (nSPS) is 27.8. The molecule has 22 heavy (non-hydrogen) atoms. The van der Waals surface area contributed by atoms with Gasteiger partial charge in [-0.3, -0.25) is 4.79 Å². The Morgan fingerprint density at radius 3 is 2.77 bits per heavy atom. The molecule has 0 aromatic heterocycles. The highest BCUT2D eigenvalue weighted by Gasteiger charge is 2.37. The van der Waals surface area contributed by atoms with Crippen molar-refractivity contribution in [2.45, 2.75) is 12.5 Å². The minimum Gasteiger partial charge on any atom is -0.370 e. The average Bonchev–Trinajstić information content (AvgIpc) is 2.87. The van der Waals surface area contributed by atoms with Crippen LogP contribution in [0.5, 0.6) is 0 Å². The third-order valence-corrected chi connectivity index (χ3v) is 6.32. The summed E-state index contributed by atoms with van der Waals surface area (Å²) < 4.78 is 28.8. The van der Waals surface area contributed by atoms with Crippen LogP contribution in [0.1, 0.15) is 18.1 Å². The molecule has 2 saturated heterocycles. The first-order chi connectivity index (χ1) is 10.5. The van der Waals surface area contributed by atoms with E-state index in [9.17, 15) is 13.2 Å². The molecule has 2 aliphatic heterocycles. The van der Waals surface area contributed by atoms with Gasteiger partial charge >= 0.3 is 0 Å². The third kappa shape index (κ3) is 3.29. The van der Waals surface area contributed by atoms with Crippen molar-refractivity contribution >= 4 is 27.3 Å². The summed E-state index contributed by atoms with van der Waals surface area (Å²) in [5, 5.41) is 0.616. The SMILES string of the molecule is O=C([C@H]1CCS(=O)(=O)C1)N1CCO[C@@H](c2ccccc2Cl)C1. The van der Waals surface area contributed by atoms with Crippen molar-refractivity contribution < 1.29 is 17.9 Å². The van der Waals surface area contributed by atoms with E-state index >= 15 is 0 Å². The summed E-state index contributed by atoms with van der Waals surface area (Å²) in [7, 11) is -3.05. The van der Waals surface area contributed by atoms with E-state index < -0.39 is 15.8 Å². The summed E-state index contributed by atoms with van der Waals surface area (Å²) in [6.45, 7) is 1.34. The van der Waals surface area contributed by atoms with Crippen LogP contribution in [0.2, 0.25) is 5.02 Å². The maximum Gasteiger partial charge on any atom is 0.226 e. The van der Waals surface area contributed by atoms with Gasteiger partial charge in [-0.1, -0.05) is 29.8 Å². The Balaban J connectivity index is 1.71. The number of halogens is 1. The Hall–Kier alpha value is -1.11. The number of hydrogen-bond donors (Lipinski definition) is 0. The number of amides is 1. The standard InChI is InChI=1S/C15H18ClNO4S/c16-13-4-2-1-3-12(13)14-9-17(6-7-21-14)15(18)11-5-8-22(19,20)10-11/h1-4,11,14H,5-10H2/t11-,14+/m0/s1. The number of ether oxygens (including phenoxy) is 1. The predicted molar refractivity (Wildman–Crippen MR) is 83.5 cm³/mol. The first-order valence-electron chi connectivity index (χ1n) is 7.31. The molecule has 0 N–H and O–H groups in total. The maximum absolute atomic E-state index is 12.5. The van der Waals surface area contributed by atoms with Crippen molar-refractivity contribution in [1.82, 2.24) is 4.90 Å². The fraction of sp³-hybridized carbons (Fsp3) is 0.533. The molecule has 0 bridgehead atoms. The number of carbonyl (C=O) groups is 1. The summed E-state index contributed by atoms with van der Waals surface area (Å²) >= 11 is 6.19. The Bertz CT molecular complexity index is 676. The molecule has 7 heteroatoms. The Kier molecular flexibility index (Phi) is 4.43. The zero-order chi connectivity index (χ0) is 15.7. The van der Waals surface area contributed by atoms with Gasteiger partial charge in [0.25, 0.3) is 0 Å². The van der Waals surface area contributed by atoms with Gasteiger partial charge in [-0.25, -0.2) is 8.42 Å². The summed E-state index contributed by atoms with van der Waals surface area (Å²) in [5.74, 6) is -0.404. The highest BCUT2D eigenvalue weighted by molar-refractivity contribution is 7.91. The fourth-order valence-corrected chi connectivity index (χ4v) is 5.01. The zero-order valence-electron chi connectivity index (χ0n) is 12.1.